The molecule has 3 rings (SSSR count). The fourth-order valence-corrected chi connectivity index (χ4v) is 3.67. The predicted octanol–water partition coefficient (Wildman–Crippen LogP) is 2.74. The van der Waals surface area contributed by atoms with Crippen LogP contribution < -0.4 is 10.6 Å². The highest BCUT2D eigenvalue weighted by molar-refractivity contribution is 6.33. The second-order valence-electron chi connectivity index (χ2n) is 5.97. The lowest BCUT2D eigenvalue weighted by atomic mass is 9.97. The van der Waals surface area contributed by atoms with Crippen LogP contribution in [0.2, 0.25) is 5.02 Å². The van der Waals surface area contributed by atoms with Gasteiger partial charge in [-0.15, -0.1) is 0 Å². The third-order valence-corrected chi connectivity index (χ3v) is 4.97. The fraction of sp³-hybridized carbons (Fsp3) is 0.562. The van der Waals surface area contributed by atoms with Crippen molar-refractivity contribution >= 4 is 23.2 Å². The number of hydrogen-bond donors (Lipinski definition) is 2. The van der Waals surface area contributed by atoms with Gasteiger partial charge in [-0.25, -0.2) is 0 Å². The van der Waals surface area contributed by atoms with E-state index in [1.165, 1.54) is 25.8 Å². The minimum Gasteiger partial charge on any atom is -0.381 e. The normalized spacial score (nSPS) is 25.4. The molecule has 2 heterocycles. The maximum absolute atomic E-state index is 11.7. The van der Waals surface area contributed by atoms with Gasteiger partial charge in [0.05, 0.1) is 10.7 Å². The van der Waals surface area contributed by atoms with Crippen molar-refractivity contribution in [3.05, 3.63) is 28.8 Å². The zero-order valence-electron chi connectivity index (χ0n) is 12.4. The number of rotatable bonds is 3. The summed E-state index contributed by atoms with van der Waals surface area (Å²) in [7, 11) is 1.64. The van der Waals surface area contributed by atoms with Crippen LogP contribution in [0.25, 0.3) is 0 Å². The van der Waals surface area contributed by atoms with E-state index in [1.54, 1.807) is 19.2 Å². The molecule has 2 aliphatic heterocycles. The Bertz CT molecular complexity index is 534. The summed E-state index contributed by atoms with van der Waals surface area (Å²) in [5, 5.41) is 6.87. The quantitative estimate of drug-likeness (QED) is 0.902. The Morgan fingerprint density at radius 1 is 1.33 bits per heavy atom. The van der Waals surface area contributed by atoms with Crippen molar-refractivity contribution in [1.29, 1.82) is 0 Å². The van der Waals surface area contributed by atoms with Crippen LogP contribution in [0.5, 0.6) is 0 Å². The Hall–Kier alpha value is -1.26. The number of nitrogens with one attached hydrogen (secondary N) is 2. The molecule has 2 fully saturated rings. The van der Waals surface area contributed by atoms with Crippen molar-refractivity contribution in [2.75, 3.05) is 25.5 Å². The molecule has 0 radical (unpaired) electrons. The number of anilines is 1. The number of benzene rings is 1. The van der Waals surface area contributed by atoms with Gasteiger partial charge in [0.25, 0.3) is 5.91 Å². The topological polar surface area (TPSA) is 44.4 Å². The number of hydrogen-bond acceptors (Lipinski definition) is 3. The summed E-state index contributed by atoms with van der Waals surface area (Å²) in [6.07, 6.45) is 4.94. The molecule has 21 heavy (non-hydrogen) atoms. The first-order valence-corrected chi connectivity index (χ1v) is 8.07. The number of carbonyl (C=O) groups excluding carboxylic acids is 1. The largest absolute Gasteiger partial charge is 0.381 e. The van der Waals surface area contributed by atoms with Crippen LogP contribution in [0, 0.1) is 0 Å². The molecule has 2 saturated heterocycles. The van der Waals surface area contributed by atoms with Crippen molar-refractivity contribution in [3.63, 3.8) is 0 Å². The molecule has 2 unspecified atom stereocenters. The second kappa shape index (κ2) is 6.24. The minimum absolute atomic E-state index is 0.0830. The van der Waals surface area contributed by atoms with Crippen molar-refractivity contribution < 1.29 is 4.79 Å². The molecule has 1 aromatic carbocycles. The summed E-state index contributed by atoms with van der Waals surface area (Å²) in [5.74, 6) is -0.0830. The van der Waals surface area contributed by atoms with Gasteiger partial charge in [-0.3, -0.25) is 4.79 Å². The average molecular weight is 308 g/mol. The van der Waals surface area contributed by atoms with E-state index in [9.17, 15) is 4.79 Å². The molecule has 0 aliphatic carbocycles. The Morgan fingerprint density at radius 2 is 2.19 bits per heavy atom. The molecule has 2 atom stereocenters. The summed E-state index contributed by atoms with van der Waals surface area (Å²) >= 11 is 6.27. The molecule has 0 spiro atoms. The standard InChI is InChI=1S/C16H22ClN3O/c1-18-16(21)11-4-5-14(17)15(9-11)19-12-6-8-20-7-2-3-13(20)10-12/h4-5,9,12-13,19H,2-3,6-8,10H2,1H3,(H,18,21). The third kappa shape index (κ3) is 3.16. The molecule has 2 aliphatic rings. The first kappa shape index (κ1) is 14.7. The molecule has 114 valence electrons. The van der Waals surface area contributed by atoms with Crippen LogP contribution in [0.15, 0.2) is 18.2 Å². The van der Waals surface area contributed by atoms with Crippen LogP contribution in [0.4, 0.5) is 5.69 Å². The lowest BCUT2D eigenvalue weighted by Gasteiger charge is -2.35. The monoisotopic (exact) mass is 307 g/mol. The molecule has 5 heteroatoms. The summed E-state index contributed by atoms with van der Waals surface area (Å²) in [6, 6.07) is 6.56. The number of carbonyl (C=O) groups is 1. The fourth-order valence-electron chi connectivity index (χ4n) is 3.50. The molecule has 1 amide bonds. The zero-order chi connectivity index (χ0) is 14.8. The summed E-state index contributed by atoms with van der Waals surface area (Å²) in [5.41, 5.74) is 1.51. The van der Waals surface area contributed by atoms with Gasteiger partial charge >= 0.3 is 0 Å². The summed E-state index contributed by atoms with van der Waals surface area (Å²) in [6.45, 7) is 2.42. The van der Waals surface area contributed by atoms with Crippen LogP contribution >= 0.6 is 11.6 Å². The van der Waals surface area contributed by atoms with E-state index >= 15 is 0 Å². The Labute approximate surface area is 130 Å². The zero-order valence-corrected chi connectivity index (χ0v) is 13.1. The van der Waals surface area contributed by atoms with E-state index in [0.29, 0.717) is 16.6 Å². The van der Waals surface area contributed by atoms with Gasteiger partial charge in [-0.1, -0.05) is 11.6 Å². The first-order valence-electron chi connectivity index (χ1n) is 7.69. The first-order chi connectivity index (χ1) is 10.2. The second-order valence-corrected chi connectivity index (χ2v) is 6.38. The van der Waals surface area contributed by atoms with Crippen molar-refractivity contribution in [2.24, 2.45) is 0 Å². The van der Waals surface area contributed by atoms with Crippen LogP contribution in [-0.4, -0.2) is 43.0 Å². The average Bonchev–Trinajstić information content (AvgIpc) is 2.96. The van der Waals surface area contributed by atoms with E-state index in [2.05, 4.69) is 15.5 Å². The highest BCUT2D eigenvalue weighted by Crippen LogP contribution is 2.30. The van der Waals surface area contributed by atoms with E-state index in [-0.39, 0.29) is 5.91 Å². The van der Waals surface area contributed by atoms with Gasteiger partial charge in [0.15, 0.2) is 0 Å². The third-order valence-electron chi connectivity index (χ3n) is 4.64. The van der Waals surface area contributed by atoms with Gasteiger partial charge < -0.3 is 15.5 Å². The molecule has 1 aromatic rings. The Morgan fingerprint density at radius 3 is 3.00 bits per heavy atom. The molecule has 4 nitrogen and oxygen atoms in total. The van der Waals surface area contributed by atoms with Crippen LogP contribution in [-0.2, 0) is 0 Å². The highest BCUT2D eigenvalue weighted by Gasteiger charge is 2.31. The predicted molar refractivity (Wildman–Crippen MR) is 86.1 cm³/mol. The number of fused-ring (bicyclic) bond motifs is 1. The van der Waals surface area contributed by atoms with E-state index in [4.69, 9.17) is 11.6 Å². The van der Waals surface area contributed by atoms with Crippen molar-refractivity contribution in [1.82, 2.24) is 10.2 Å². The van der Waals surface area contributed by atoms with Crippen LogP contribution in [0.3, 0.4) is 0 Å². The van der Waals surface area contributed by atoms with Crippen molar-refractivity contribution in [2.45, 2.75) is 37.8 Å². The van der Waals surface area contributed by atoms with Gasteiger partial charge in [0.1, 0.15) is 0 Å². The summed E-state index contributed by atoms with van der Waals surface area (Å²) < 4.78 is 0. The Balaban J connectivity index is 1.70. The van der Waals surface area contributed by atoms with Crippen molar-refractivity contribution in [3.8, 4) is 0 Å². The summed E-state index contributed by atoms with van der Waals surface area (Å²) in [4.78, 5) is 14.3. The highest BCUT2D eigenvalue weighted by atomic mass is 35.5. The van der Waals surface area contributed by atoms with E-state index in [0.717, 1.165) is 24.7 Å². The SMILES string of the molecule is CNC(=O)c1ccc(Cl)c(NC2CCN3CCCC3C2)c1. The molecule has 0 saturated carbocycles. The smallest absolute Gasteiger partial charge is 0.251 e. The maximum Gasteiger partial charge on any atom is 0.251 e. The lowest BCUT2D eigenvalue weighted by Crippen LogP contribution is -2.42. The minimum atomic E-state index is -0.0830. The molecule has 0 bridgehead atoms. The van der Waals surface area contributed by atoms with Crippen LogP contribution in [0.1, 0.15) is 36.0 Å². The number of halogens is 1. The van der Waals surface area contributed by atoms with E-state index < -0.39 is 0 Å². The van der Waals surface area contributed by atoms with Gasteiger partial charge in [-0.05, 0) is 50.4 Å². The molecule has 0 aromatic heterocycles. The molecular weight excluding hydrogens is 286 g/mol. The molecular formula is C16H22ClN3O. The maximum atomic E-state index is 11.7. The van der Waals surface area contributed by atoms with Gasteiger partial charge in [0.2, 0.25) is 0 Å². The van der Waals surface area contributed by atoms with Gasteiger partial charge in [0, 0.05) is 31.2 Å². The Kier molecular flexibility index (Phi) is 4.36. The van der Waals surface area contributed by atoms with E-state index in [1.807, 2.05) is 6.07 Å². The molecule has 2 N–H and O–H groups in total. The van der Waals surface area contributed by atoms with Gasteiger partial charge in [-0.2, -0.15) is 0 Å². The number of nitrogens with zero attached hydrogens (tertiary/aromatic N) is 1. The lowest BCUT2D eigenvalue weighted by molar-refractivity contribution is 0.0963. The number of piperidine rings is 1. The number of amides is 1.